The lowest BCUT2D eigenvalue weighted by atomic mass is 10.00. The molecule has 2 saturated heterocycles. The van der Waals surface area contributed by atoms with E-state index in [1.54, 1.807) is 0 Å². The van der Waals surface area contributed by atoms with E-state index in [4.69, 9.17) is 9.84 Å². The molecule has 5 aromatic rings. The van der Waals surface area contributed by atoms with E-state index < -0.39 is 0 Å². The monoisotopic (exact) mass is 589 g/mol. The number of carbonyl (C=O) groups excluding carboxylic acids is 1. The summed E-state index contributed by atoms with van der Waals surface area (Å²) in [6.07, 6.45) is 6.31. The second-order valence-corrected chi connectivity index (χ2v) is 11.7. The van der Waals surface area contributed by atoms with Crippen molar-refractivity contribution in [2.75, 3.05) is 51.3 Å². The SMILES string of the molecule is CCn1cc(-c2ccnc3[nH]c(-c4ccc(CN5CCOCC5)cc4)cc23)c(-c2ccc(NC(=O)CN3CCCC3)cc2)n1. The first-order valence-electron chi connectivity index (χ1n) is 15.7. The molecule has 7 rings (SSSR count). The van der Waals surface area contributed by atoms with Gasteiger partial charge in [-0.25, -0.2) is 4.98 Å². The smallest absolute Gasteiger partial charge is 0.238 e. The van der Waals surface area contributed by atoms with Gasteiger partial charge in [-0.1, -0.05) is 36.4 Å². The number of likely N-dealkylation sites (tertiary alicyclic amines) is 1. The van der Waals surface area contributed by atoms with Crippen molar-refractivity contribution in [3.63, 3.8) is 0 Å². The molecule has 44 heavy (non-hydrogen) atoms. The Bertz CT molecular complexity index is 1730. The van der Waals surface area contributed by atoms with Crippen LogP contribution in [0.2, 0.25) is 0 Å². The zero-order chi connectivity index (χ0) is 29.9. The predicted molar refractivity (Wildman–Crippen MR) is 174 cm³/mol. The van der Waals surface area contributed by atoms with Crippen LogP contribution in [0.1, 0.15) is 25.3 Å². The van der Waals surface area contributed by atoms with E-state index >= 15 is 0 Å². The molecule has 0 saturated carbocycles. The van der Waals surface area contributed by atoms with Crippen LogP contribution in [0.25, 0.3) is 44.7 Å². The lowest BCUT2D eigenvalue weighted by Crippen LogP contribution is -2.35. The third kappa shape index (κ3) is 6.17. The van der Waals surface area contributed by atoms with Crippen LogP contribution in [0.3, 0.4) is 0 Å². The lowest BCUT2D eigenvalue weighted by Gasteiger charge is -2.26. The minimum atomic E-state index is 0.0322. The molecule has 0 bridgehead atoms. The van der Waals surface area contributed by atoms with Crippen LogP contribution in [0.4, 0.5) is 5.69 Å². The van der Waals surface area contributed by atoms with Crippen molar-refractivity contribution >= 4 is 22.6 Å². The molecule has 0 atom stereocenters. The molecule has 2 aliphatic rings. The number of ether oxygens (including phenoxy) is 1. The number of anilines is 1. The number of morpholine rings is 1. The summed E-state index contributed by atoms with van der Waals surface area (Å²) in [5, 5.41) is 9.05. The number of nitrogens with one attached hydrogen (secondary N) is 2. The third-order valence-corrected chi connectivity index (χ3v) is 8.69. The second-order valence-electron chi connectivity index (χ2n) is 11.7. The number of fused-ring (bicyclic) bond motifs is 1. The van der Waals surface area contributed by atoms with Crippen molar-refractivity contribution in [1.82, 2.24) is 29.5 Å². The van der Waals surface area contributed by atoms with Gasteiger partial charge in [0.25, 0.3) is 0 Å². The van der Waals surface area contributed by atoms with Crippen LogP contribution in [-0.2, 0) is 22.6 Å². The molecule has 0 spiro atoms. The van der Waals surface area contributed by atoms with Gasteiger partial charge in [0.15, 0.2) is 0 Å². The van der Waals surface area contributed by atoms with E-state index in [2.05, 4.69) is 74.6 Å². The largest absolute Gasteiger partial charge is 0.379 e. The first-order valence-corrected chi connectivity index (χ1v) is 15.7. The zero-order valence-corrected chi connectivity index (χ0v) is 25.3. The summed E-state index contributed by atoms with van der Waals surface area (Å²) >= 11 is 0. The Morgan fingerprint density at radius 3 is 2.41 bits per heavy atom. The number of nitrogens with zero attached hydrogens (tertiary/aromatic N) is 5. The normalized spacial score (nSPS) is 16.1. The molecule has 5 heterocycles. The Balaban J connectivity index is 1.14. The average Bonchev–Trinajstić information content (AvgIpc) is 3.82. The third-order valence-electron chi connectivity index (χ3n) is 8.69. The van der Waals surface area contributed by atoms with E-state index in [0.717, 1.165) is 103 Å². The van der Waals surface area contributed by atoms with E-state index in [1.165, 1.54) is 18.4 Å². The summed E-state index contributed by atoms with van der Waals surface area (Å²) < 4.78 is 7.46. The maximum atomic E-state index is 12.5. The molecular formula is C35H39N7O2. The first-order chi connectivity index (χ1) is 21.6. The fourth-order valence-electron chi connectivity index (χ4n) is 6.27. The highest BCUT2D eigenvalue weighted by Gasteiger charge is 2.19. The van der Waals surface area contributed by atoms with Crippen molar-refractivity contribution in [2.45, 2.75) is 32.9 Å². The van der Waals surface area contributed by atoms with Crippen LogP contribution >= 0.6 is 0 Å². The average molecular weight is 590 g/mol. The van der Waals surface area contributed by atoms with E-state index in [0.29, 0.717) is 6.54 Å². The topological polar surface area (TPSA) is 91.3 Å². The van der Waals surface area contributed by atoms with Gasteiger partial charge in [0.05, 0.1) is 19.8 Å². The van der Waals surface area contributed by atoms with Gasteiger partial charge in [-0.15, -0.1) is 0 Å². The molecule has 226 valence electrons. The second kappa shape index (κ2) is 12.7. The molecule has 2 fully saturated rings. The van der Waals surface area contributed by atoms with E-state index in [1.807, 2.05) is 35.1 Å². The number of aromatic nitrogens is 4. The fraction of sp³-hybridized carbons (Fsp3) is 0.343. The number of H-pyrrole nitrogens is 1. The highest BCUT2D eigenvalue weighted by atomic mass is 16.5. The summed E-state index contributed by atoms with van der Waals surface area (Å²) in [6.45, 7) is 9.83. The first kappa shape index (κ1) is 28.5. The van der Waals surface area contributed by atoms with Crippen molar-refractivity contribution in [3.8, 4) is 33.6 Å². The number of hydrogen-bond donors (Lipinski definition) is 2. The molecule has 0 aliphatic carbocycles. The molecule has 1 amide bonds. The Morgan fingerprint density at radius 1 is 0.909 bits per heavy atom. The highest BCUT2D eigenvalue weighted by Crippen LogP contribution is 2.37. The highest BCUT2D eigenvalue weighted by molar-refractivity contribution is 5.99. The number of carbonyl (C=O) groups is 1. The number of aryl methyl sites for hydroxylation is 1. The number of pyridine rings is 1. The predicted octanol–water partition coefficient (Wildman–Crippen LogP) is 5.65. The number of hydrogen-bond acceptors (Lipinski definition) is 6. The van der Waals surface area contributed by atoms with Crippen molar-refractivity contribution in [3.05, 3.63) is 78.6 Å². The van der Waals surface area contributed by atoms with Crippen molar-refractivity contribution < 1.29 is 9.53 Å². The van der Waals surface area contributed by atoms with Crippen LogP contribution in [-0.4, -0.2) is 81.4 Å². The van der Waals surface area contributed by atoms with Gasteiger partial charge < -0.3 is 15.0 Å². The van der Waals surface area contributed by atoms with Crippen molar-refractivity contribution in [2.24, 2.45) is 0 Å². The van der Waals surface area contributed by atoms with Gasteiger partial charge in [-0.05, 0) is 73.8 Å². The van der Waals surface area contributed by atoms with Crippen LogP contribution in [0.15, 0.2) is 73.1 Å². The van der Waals surface area contributed by atoms with Gasteiger partial charge in [-0.3, -0.25) is 19.3 Å². The van der Waals surface area contributed by atoms with Crippen molar-refractivity contribution in [1.29, 1.82) is 0 Å². The Kier molecular flexibility index (Phi) is 8.24. The van der Waals surface area contributed by atoms with E-state index in [-0.39, 0.29) is 5.91 Å². The number of aromatic amines is 1. The molecule has 2 N–H and O–H groups in total. The fourth-order valence-corrected chi connectivity index (χ4v) is 6.27. The van der Waals surface area contributed by atoms with Gasteiger partial charge >= 0.3 is 0 Å². The summed E-state index contributed by atoms with van der Waals surface area (Å²) in [5.41, 5.74) is 9.16. The van der Waals surface area contributed by atoms with Crippen LogP contribution < -0.4 is 5.32 Å². The summed E-state index contributed by atoms with van der Waals surface area (Å²) in [6, 6.07) is 21.1. The molecule has 2 aliphatic heterocycles. The minimum absolute atomic E-state index is 0.0322. The molecule has 2 aromatic carbocycles. The van der Waals surface area contributed by atoms with E-state index in [9.17, 15) is 4.79 Å². The van der Waals surface area contributed by atoms with Crippen LogP contribution in [0.5, 0.6) is 0 Å². The summed E-state index contributed by atoms with van der Waals surface area (Å²) in [7, 11) is 0. The molecular weight excluding hydrogens is 550 g/mol. The maximum absolute atomic E-state index is 12.5. The molecule has 9 nitrogen and oxygen atoms in total. The quantitative estimate of drug-likeness (QED) is 0.231. The Labute approximate surface area is 257 Å². The molecule has 3 aromatic heterocycles. The number of benzene rings is 2. The van der Waals surface area contributed by atoms with Gasteiger partial charge in [0, 0.05) is 66.5 Å². The lowest BCUT2D eigenvalue weighted by molar-refractivity contribution is -0.117. The molecule has 9 heteroatoms. The van der Waals surface area contributed by atoms with Gasteiger partial charge in [0.2, 0.25) is 5.91 Å². The van der Waals surface area contributed by atoms with Gasteiger partial charge in [0.1, 0.15) is 11.3 Å². The Morgan fingerprint density at radius 2 is 1.66 bits per heavy atom. The summed E-state index contributed by atoms with van der Waals surface area (Å²) in [5.74, 6) is 0.0322. The standard InChI is InChI=1S/C35H39N7O2/c1-2-42-23-31(34(39-42)27-9-11-28(12-10-27)37-33(43)24-40-15-3-4-16-40)29-13-14-36-35-30(29)21-32(38-35)26-7-5-25(6-8-26)22-41-17-19-44-20-18-41/h5-14,21,23H,2-4,15-20,22,24H2,1H3,(H,36,38)(H,37,43). The Hall–Kier alpha value is -4.31. The van der Waals surface area contributed by atoms with Gasteiger partial charge in [-0.2, -0.15) is 5.10 Å². The molecule has 0 radical (unpaired) electrons. The van der Waals surface area contributed by atoms with Crippen LogP contribution in [0, 0.1) is 0 Å². The maximum Gasteiger partial charge on any atom is 0.238 e. The number of rotatable bonds is 9. The summed E-state index contributed by atoms with van der Waals surface area (Å²) in [4.78, 5) is 25.4. The zero-order valence-electron chi connectivity index (χ0n) is 25.3. The number of amides is 1. The minimum Gasteiger partial charge on any atom is -0.379 e. The molecule has 0 unspecified atom stereocenters.